The summed E-state index contributed by atoms with van der Waals surface area (Å²) in [7, 11) is 3.09. The Morgan fingerprint density at radius 1 is 1.10 bits per heavy atom. The van der Waals surface area contributed by atoms with Gasteiger partial charge in [-0.1, -0.05) is 23.7 Å². The third-order valence-electron chi connectivity index (χ3n) is 4.73. The number of nitrogens with zero attached hydrogens (tertiary/aromatic N) is 1. The highest BCUT2D eigenvalue weighted by atomic mass is 35.5. The first kappa shape index (κ1) is 21.0. The number of para-hydroxylation sites is 1. The number of methoxy groups -OCH3 is 2. The molecular weight excluding hydrogens is 394 g/mol. The zero-order chi connectivity index (χ0) is 20.8. The predicted molar refractivity (Wildman–Crippen MR) is 112 cm³/mol. The number of quaternary nitrogens is 1. The fourth-order valence-corrected chi connectivity index (χ4v) is 3.28. The SMILES string of the molecule is CC[NH+](CCOc1ccccc1Cl)Cc1nc2cc(OC)c(OC)cc2c(=O)[nH]1. The number of hydrogen-bond acceptors (Lipinski definition) is 5. The standard InChI is InChI=1S/C21H24ClN3O4/c1-4-25(9-10-29-17-8-6-5-7-15(17)22)13-20-23-16-12-19(28-3)18(27-2)11-14(16)21(26)24-20/h5-8,11-12H,4,9-10,13H2,1-3H3,(H,23,24,26)/p+1. The number of hydrogen-bond donors (Lipinski definition) is 2. The van der Waals surface area contributed by atoms with Crippen LogP contribution in [0.4, 0.5) is 0 Å². The molecule has 1 heterocycles. The van der Waals surface area contributed by atoms with Crippen molar-refractivity contribution < 1.29 is 19.1 Å². The van der Waals surface area contributed by atoms with Crippen LogP contribution in [-0.4, -0.2) is 43.9 Å². The van der Waals surface area contributed by atoms with Crippen LogP contribution in [0.25, 0.3) is 10.9 Å². The first-order chi connectivity index (χ1) is 14.0. The zero-order valence-electron chi connectivity index (χ0n) is 16.8. The van der Waals surface area contributed by atoms with Crippen molar-refractivity contribution in [3.63, 3.8) is 0 Å². The average molecular weight is 419 g/mol. The number of rotatable bonds is 9. The van der Waals surface area contributed by atoms with Crippen molar-refractivity contribution in [3.8, 4) is 17.2 Å². The minimum absolute atomic E-state index is 0.200. The predicted octanol–water partition coefficient (Wildman–Crippen LogP) is 2.08. The number of likely N-dealkylation sites (N-methyl/N-ethyl adjacent to an activating group) is 1. The molecule has 0 spiro atoms. The minimum atomic E-state index is -0.200. The number of nitrogens with one attached hydrogen (secondary N) is 2. The molecule has 0 fully saturated rings. The molecule has 0 saturated heterocycles. The van der Waals surface area contributed by atoms with Gasteiger partial charge < -0.3 is 24.1 Å². The Hall–Kier alpha value is -2.77. The van der Waals surface area contributed by atoms with E-state index in [2.05, 4.69) is 16.9 Å². The molecule has 154 valence electrons. The molecule has 1 aromatic heterocycles. The summed E-state index contributed by atoms with van der Waals surface area (Å²) in [6.07, 6.45) is 0. The van der Waals surface area contributed by atoms with Gasteiger partial charge in [0.2, 0.25) is 0 Å². The van der Waals surface area contributed by atoms with Gasteiger partial charge in [0.25, 0.3) is 5.56 Å². The van der Waals surface area contributed by atoms with Crippen LogP contribution in [0, 0.1) is 0 Å². The van der Waals surface area contributed by atoms with Gasteiger partial charge in [0.05, 0.1) is 36.7 Å². The molecule has 0 aliphatic carbocycles. The van der Waals surface area contributed by atoms with E-state index in [0.717, 1.165) is 13.1 Å². The molecule has 2 aromatic carbocycles. The number of halogens is 1. The number of H-pyrrole nitrogens is 1. The van der Waals surface area contributed by atoms with E-state index < -0.39 is 0 Å². The second kappa shape index (κ2) is 9.62. The van der Waals surface area contributed by atoms with Crippen LogP contribution >= 0.6 is 11.6 Å². The quantitative estimate of drug-likeness (QED) is 0.556. The van der Waals surface area contributed by atoms with Gasteiger partial charge in [0, 0.05) is 6.07 Å². The molecule has 0 radical (unpaired) electrons. The van der Waals surface area contributed by atoms with E-state index >= 15 is 0 Å². The van der Waals surface area contributed by atoms with Crippen LogP contribution < -0.4 is 24.7 Å². The molecule has 3 aromatic rings. The first-order valence-electron chi connectivity index (χ1n) is 9.41. The lowest BCUT2D eigenvalue weighted by molar-refractivity contribution is -0.912. The van der Waals surface area contributed by atoms with Crippen LogP contribution in [0.5, 0.6) is 17.2 Å². The van der Waals surface area contributed by atoms with Crippen LogP contribution in [-0.2, 0) is 6.54 Å². The summed E-state index contributed by atoms with van der Waals surface area (Å²) in [6, 6.07) is 10.8. The summed E-state index contributed by atoms with van der Waals surface area (Å²) in [6.45, 7) is 4.77. The maximum absolute atomic E-state index is 12.5. The van der Waals surface area contributed by atoms with Gasteiger partial charge in [-0.2, -0.15) is 0 Å². The number of fused-ring (bicyclic) bond motifs is 1. The zero-order valence-corrected chi connectivity index (χ0v) is 17.5. The van der Waals surface area contributed by atoms with E-state index in [0.29, 0.717) is 52.2 Å². The maximum Gasteiger partial charge on any atom is 0.259 e. The topological polar surface area (TPSA) is 77.9 Å². The normalized spacial score (nSPS) is 12.0. The van der Waals surface area contributed by atoms with E-state index in [1.807, 2.05) is 18.2 Å². The summed E-state index contributed by atoms with van der Waals surface area (Å²) >= 11 is 6.12. The summed E-state index contributed by atoms with van der Waals surface area (Å²) in [5.74, 6) is 2.32. The molecule has 1 atom stereocenters. The van der Waals surface area contributed by atoms with Crippen molar-refractivity contribution in [2.24, 2.45) is 0 Å². The van der Waals surface area contributed by atoms with Gasteiger partial charge >= 0.3 is 0 Å². The number of ether oxygens (including phenoxy) is 3. The highest BCUT2D eigenvalue weighted by molar-refractivity contribution is 6.32. The van der Waals surface area contributed by atoms with Gasteiger partial charge in [-0.25, -0.2) is 4.98 Å². The van der Waals surface area contributed by atoms with Gasteiger partial charge in [-0.15, -0.1) is 0 Å². The molecule has 0 bridgehead atoms. The third-order valence-corrected chi connectivity index (χ3v) is 5.04. The Kier molecular flexibility index (Phi) is 6.95. The van der Waals surface area contributed by atoms with Crippen LogP contribution in [0.1, 0.15) is 12.7 Å². The first-order valence-corrected chi connectivity index (χ1v) is 9.79. The molecule has 1 unspecified atom stereocenters. The molecule has 0 aliphatic rings. The van der Waals surface area contributed by atoms with Gasteiger partial charge in [-0.05, 0) is 25.1 Å². The summed E-state index contributed by atoms with van der Waals surface area (Å²) in [4.78, 5) is 21.2. The number of aromatic nitrogens is 2. The van der Waals surface area contributed by atoms with Crippen LogP contribution in [0.3, 0.4) is 0 Å². The van der Waals surface area contributed by atoms with Crippen molar-refractivity contribution in [2.75, 3.05) is 33.9 Å². The van der Waals surface area contributed by atoms with Crippen molar-refractivity contribution in [2.45, 2.75) is 13.5 Å². The van der Waals surface area contributed by atoms with E-state index in [1.54, 1.807) is 25.3 Å². The lowest BCUT2D eigenvalue weighted by Gasteiger charge is -2.18. The second-order valence-corrected chi connectivity index (χ2v) is 6.95. The van der Waals surface area contributed by atoms with E-state index in [4.69, 9.17) is 25.8 Å². The van der Waals surface area contributed by atoms with Gasteiger partial charge in [0.15, 0.2) is 17.3 Å². The van der Waals surface area contributed by atoms with E-state index in [-0.39, 0.29) is 5.56 Å². The van der Waals surface area contributed by atoms with E-state index in [1.165, 1.54) is 12.0 Å². The Labute approximate surface area is 174 Å². The smallest absolute Gasteiger partial charge is 0.259 e. The summed E-state index contributed by atoms with van der Waals surface area (Å²) in [5, 5.41) is 1.06. The monoisotopic (exact) mass is 418 g/mol. The Morgan fingerprint density at radius 2 is 1.83 bits per heavy atom. The molecule has 8 heteroatoms. The molecule has 0 aliphatic heterocycles. The van der Waals surface area contributed by atoms with Crippen molar-refractivity contribution in [1.82, 2.24) is 9.97 Å². The van der Waals surface area contributed by atoms with Gasteiger partial charge in [-0.3, -0.25) is 4.79 Å². The summed E-state index contributed by atoms with van der Waals surface area (Å²) < 4.78 is 16.4. The minimum Gasteiger partial charge on any atom is -0.493 e. The Bertz CT molecular complexity index is 1040. The number of benzene rings is 2. The Morgan fingerprint density at radius 3 is 2.52 bits per heavy atom. The highest BCUT2D eigenvalue weighted by Gasteiger charge is 2.14. The van der Waals surface area contributed by atoms with Gasteiger partial charge in [0.1, 0.15) is 25.4 Å². The molecule has 0 amide bonds. The van der Waals surface area contributed by atoms with Crippen LogP contribution in [0.15, 0.2) is 41.2 Å². The second-order valence-electron chi connectivity index (χ2n) is 6.55. The number of aromatic amines is 1. The molecule has 3 rings (SSSR count). The fourth-order valence-electron chi connectivity index (χ4n) is 3.09. The highest BCUT2D eigenvalue weighted by Crippen LogP contribution is 2.29. The molecule has 29 heavy (non-hydrogen) atoms. The maximum atomic E-state index is 12.5. The molecule has 0 saturated carbocycles. The van der Waals surface area contributed by atoms with Crippen molar-refractivity contribution in [1.29, 1.82) is 0 Å². The molecule has 7 nitrogen and oxygen atoms in total. The molecular formula is C21H25ClN3O4+. The lowest BCUT2D eigenvalue weighted by atomic mass is 10.2. The van der Waals surface area contributed by atoms with Crippen molar-refractivity contribution >= 4 is 22.5 Å². The Balaban J connectivity index is 1.73. The average Bonchev–Trinajstić information content (AvgIpc) is 2.73. The van der Waals surface area contributed by atoms with E-state index in [9.17, 15) is 4.79 Å². The summed E-state index contributed by atoms with van der Waals surface area (Å²) in [5.41, 5.74) is 0.373. The fraction of sp³-hybridized carbons (Fsp3) is 0.333. The lowest BCUT2D eigenvalue weighted by Crippen LogP contribution is -3.11. The van der Waals surface area contributed by atoms with Crippen molar-refractivity contribution in [3.05, 3.63) is 57.6 Å². The van der Waals surface area contributed by atoms with Crippen LogP contribution in [0.2, 0.25) is 5.02 Å². The largest absolute Gasteiger partial charge is 0.493 e. The molecule has 2 N–H and O–H groups in total. The third kappa shape index (κ3) is 4.99.